The van der Waals surface area contributed by atoms with Crippen LogP contribution in [0, 0.1) is 0 Å². The molecular weight excluding hydrogens is 208 g/mol. The Bertz CT molecular complexity index is 336. The van der Waals surface area contributed by atoms with Gasteiger partial charge in [-0.2, -0.15) is 0 Å². The zero-order valence-corrected chi connectivity index (χ0v) is 9.84. The summed E-state index contributed by atoms with van der Waals surface area (Å²) in [5, 5.41) is 0. The fourth-order valence-corrected chi connectivity index (χ4v) is 1.69. The first kappa shape index (κ1) is 13.1. The Hall–Kier alpha value is -0.960. The van der Waals surface area contributed by atoms with E-state index >= 15 is 0 Å². The van der Waals surface area contributed by atoms with Gasteiger partial charge in [-0.25, -0.2) is 8.78 Å². The normalized spacial score (nSPS) is 13.8. The Morgan fingerprint density at radius 3 is 2.62 bits per heavy atom. The minimum atomic E-state index is -2.72. The van der Waals surface area contributed by atoms with Gasteiger partial charge < -0.3 is 5.73 Å². The second-order valence-corrected chi connectivity index (χ2v) is 4.16. The molecule has 0 amide bonds. The van der Waals surface area contributed by atoms with Gasteiger partial charge in [-0.3, -0.25) is 0 Å². The van der Waals surface area contributed by atoms with Crippen molar-refractivity contribution in [3.63, 3.8) is 0 Å². The molecule has 1 aromatic rings. The van der Waals surface area contributed by atoms with Gasteiger partial charge in [0.1, 0.15) is 0 Å². The molecule has 0 aromatic heterocycles. The molecule has 0 heterocycles. The third kappa shape index (κ3) is 3.01. The Morgan fingerprint density at radius 1 is 1.38 bits per heavy atom. The molecule has 1 unspecified atom stereocenters. The standard InChI is InChI=1S/C13H19F2N/c1-3-13(14,15)12-6-4-5-11(9-12)10(2)7-8-16/h4-6,9-10H,3,7-8,16H2,1-2H3. The molecule has 0 aliphatic rings. The third-order valence-corrected chi connectivity index (χ3v) is 2.92. The molecule has 0 saturated carbocycles. The van der Waals surface area contributed by atoms with E-state index in [0.29, 0.717) is 6.54 Å². The quantitative estimate of drug-likeness (QED) is 0.816. The lowest BCUT2D eigenvalue weighted by atomic mass is 9.94. The first-order valence-electron chi connectivity index (χ1n) is 5.69. The average molecular weight is 227 g/mol. The topological polar surface area (TPSA) is 26.0 Å². The van der Waals surface area contributed by atoms with E-state index in [1.807, 2.05) is 13.0 Å². The van der Waals surface area contributed by atoms with Crippen LogP contribution in [-0.4, -0.2) is 6.54 Å². The molecule has 0 bridgehead atoms. The molecule has 1 rings (SSSR count). The van der Waals surface area contributed by atoms with E-state index in [4.69, 9.17) is 5.73 Å². The largest absolute Gasteiger partial charge is 0.330 e. The van der Waals surface area contributed by atoms with Crippen LogP contribution in [0.4, 0.5) is 8.78 Å². The molecule has 0 spiro atoms. The number of alkyl halides is 2. The van der Waals surface area contributed by atoms with Gasteiger partial charge in [-0.15, -0.1) is 0 Å². The molecule has 1 aromatic carbocycles. The van der Waals surface area contributed by atoms with Crippen molar-refractivity contribution in [2.75, 3.05) is 6.54 Å². The van der Waals surface area contributed by atoms with Crippen molar-refractivity contribution >= 4 is 0 Å². The summed E-state index contributed by atoms with van der Waals surface area (Å²) in [7, 11) is 0. The summed E-state index contributed by atoms with van der Waals surface area (Å²) in [5.41, 5.74) is 6.52. The van der Waals surface area contributed by atoms with Gasteiger partial charge in [0.05, 0.1) is 0 Å². The SMILES string of the molecule is CCC(F)(F)c1cccc(C(C)CCN)c1. The van der Waals surface area contributed by atoms with Crippen molar-refractivity contribution in [1.29, 1.82) is 0 Å². The molecule has 3 heteroatoms. The molecule has 1 atom stereocenters. The van der Waals surface area contributed by atoms with Crippen molar-refractivity contribution in [3.05, 3.63) is 35.4 Å². The van der Waals surface area contributed by atoms with Crippen molar-refractivity contribution in [2.45, 2.75) is 38.5 Å². The minimum Gasteiger partial charge on any atom is -0.330 e. The van der Waals surface area contributed by atoms with Crippen LogP contribution in [0.2, 0.25) is 0 Å². The van der Waals surface area contributed by atoms with Crippen LogP contribution in [0.25, 0.3) is 0 Å². The Balaban J connectivity index is 2.95. The van der Waals surface area contributed by atoms with Crippen LogP contribution >= 0.6 is 0 Å². The van der Waals surface area contributed by atoms with Gasteiger partial charge in [-0.1, -0.05) is 32.0 Å². The van der Waals surface area contributed by atoms with Crippen molar-refractivity contribution in [3.8, 4) is 0 Å². The second-order valence-electron chi connectivity index (χ2n) is 4.16. The van der Waals surface area contributed by atoms with Crippen molar-refractivity contribution in [1.82, 2.24) is 0 Å². The third-order valence-electron chi connectivity index (χ3n) is 2.92. The summed E-state index contributed by atoms with van der Waals surface area (Å²) in [6, 6.07) is 6.67. The lowest BCUT2D eigenvalue weighted by Crippen LogP contribution is -2.12. The minimum absolute atomic E-state index is 0.108. The Labute approximate surface area is 95.7 Å². The van der Waals surface area contributed by atoms with Gasteiger partial charge in [0.25, 0.3) is 5.92 Å². The summed E-state index contributed by atoms with van der Waals surface area (Å²) in [5.74, 6) is -2.49. The predicted octanol–water partition coefficient (Wildman–Crippen LogP) is 3.64. The summed E-state index contributed by atoms with van der Waals surface area (Å²) >= 11 is 0. The molecule has 16 heavy (non-hydrogen) atoms. The van der Waals surface area contributed by atoms with Crippen LogP contribution in [0.15, 0.2) is 24.3 Å². The van der Waals surface area contributed by atoms with Gasteiger partial charge in [0.15, 0.2) is 0 Å². The summed E-state index contributed by atoms with van der Waals surface area (Å²) in [6.07, 6.45) is 0.656. The van der Waals surface area contributed by atoms with Gasteiger partial charge in [0.2, 0.25) is 0 Å². The summed E-state index contributed by atoms with van der Waals surface area (Å²) in [6.45, 7) is 4.08. The van der Waals surface area contributed by atoms with Gasteiger partial charge >= 0.3 is 0 Å². The number of nitrogens with two attached hydrogens (primary N) is 1. The smallest absolute Gasteiger partial charge is 0.273 e. The van der Waals surface area contributed by atoms with Crippen LogP contribution < -0.4 is 5.73 Å². The van der Waals surface area contributed by atoms with Gasteiger partial charge in [-0.05, 0) is 30.5 Å². The summed E-state index contributed by atoms with van der Waals surface area (Å²) in [4.78, 5) is 0. The Morgan fingerprint density at radius 2 is 2.06 bits per heavy atom. The number of hydrogen-bond acceptors (Lipinski definition) is 1. The molecule has 0 saturated heterocycles. The maximum absolute atomic E-state index is 13.5. The molecule has 2 N–H and O–H groups in total. The van der Waals surface area contributed by atoms with E-state index < -0.39 is 5.92 Å². The fourth-order valence-electron chi connectivity index (χ4n) is 1.69. The molecule has 0 aliphatic heterocycles. The maximum Gasteiger partial charge on any atom is 0.273 e. The van der Waals surface area contributed by atoms with Crippen LogP contribution in [-0.2, 0) is 5.92 Å². The van der Waals surface area contributed by atoms with Crippen LogP contribution in [0.3, 0.4) is 0 Å². The number of benzene rings is 1. The lowest BCUT2D eigenvalue weighted by Gasteiger charge is -2.17. The van der Waals surface area contributed by atoms with E-state index in [1.165, 1.54) is 13.0 Å². The first-order valence-corrected chi connectivity index (χ1v) is 5.69. The van der Waals surface area contributed by atoms with E-state index in [0.717, 1.165) is 12.0 Å². The zero-order chi connectivity index (χ0) is 12.2. The highest BCUT2D eigenvalue weighted by atomic mass is 19.3. The second kappa shape index (κ2) is 5.39. The first-order chi connectivity index (χ1) is 7.51. The molecule has 90 valence electrons. The molecular formula is C13H19F2N. The average Bonchev–Trinajstić information content (AvgIpc) is 2.29. The van der Waals surface area contributed by atoms with Crippen LogP contribution in [0.5, 0.6) is 0 Å². The number of rotatable bonds is 5. The van der Waals surface area contributed by atoms with E-state index in [1.54, 1.807) is 12.1 Å². The highest BCUT2D eigenvalue weighted by Gasteiger charge is 2.29. The number of halogens is 2. The lowest BCUT2D eigenvalue weighted by molar-refractivity contribution is -0.00837. The van der Waals surface area contributed by atoms with Crippen molar-refractivity contribution < 1.29 is 8.78 Å². The monoisotopic (exact) mass is 227 g/mol. The zero-order valence-electron chi connectivity index (χ0n) is 9.84. The van der Waals surface area contributed by atoms with Gasteiger partial charge in [0, 0.05) is 12.0 Å². The molecule has 0 aliphatic carbocycles. The predicted molar refractivity (Wildman–Crippen MR) is 62.7 cm³/mol. The maximum atomic E-state index is 13.5. The summed E-state index contributed by atoms with van der Waals surface area (Å²) < 4.78 is 27.0. The fraction of sp³-hybridized carbons (Fsp3) is 0.538. The van der Waals surface area contributed by atoms with Crippen LogP contribution in [0.1, 0.15) is 43.7 Å². The molecule has 1 nitrogen and oxygen atoms in total. The molecule has 0 radical (unpaired) electrons. The van der Waals surface area contributed by atoms with Crippen molar-refractivity contribution in [2.24, 2.45) is 5.73 Å². The highest BCUT2D eigenvalue weighted by molar-refractivity contribution is 5.29. The Kier molecular flexibility index (Phi) is 4.42. The van der Waals surface area contributed by atoms with E-state index in [2.05, 4.69) is 0 Å². The van der Waals surface area contributed by atoms with E-state index in [-0.39, 0.29) is 17.9 Å². The highest BCUT2D eigenvalue weighted by Crippen LogP contribution is 2.33. The molecule has 0 fully saturated rings. The van der Waals surface area contributed by atoms with E-state index in [9.17, 15) is 8.78 Å². The number of hydrogen-bond donors (Lipinski definition) is 1.